The second kappa shape index (κ2) is 9.02. The minimum absolute atomic E-state index is 0.0803. The Balaban J connectivity index is 2.66. The molecule has 0 bridgehead atoms. The zero-order valence-electron chi connectivity index (χ0n) is 16.9. The summed E-state index contributed by atoms with van der Waals surface area (Å²) in [5, 5.41) is 51.1. The number of nitro benzene ring substituents is 1. The monoisotopic (exact) mass is 464 g/mol. The smallest absolute Gasteiger partial charge is 0.426 e. The fraction of sp³-hybridized carbons (Fsp3) is 0.588. The average Bonchev–Trinajstić information content (AvgIpc) is 2.66. The summed E-state index contributed by atoms with van der Waals surface area (Å²) in [4.78, 5) is 22.3. The number of benzene rings is 1. The Morgan fingerprint density at radius 3 is 2.29 bits per heavy atom. The molecule has 174 valence electrons. The molecule has 1 saturated heterocycles. The number of nitro groups is 1. The first kappa shape index (κ1) is 24.9. The third-order valence-electron chi connectivity index (χ3n) is 4.27. The van der Waals surface area contributed by atoms with Gasteiger partial charge in [0.05, 0.1) is 11.5 Å². The van der Waals surface area contributed by atoms with Crippen molar-refractivity contribution in [2.45, 2.75) is 61.9 Å². The zero-order chi connectivity index (χ0) is 23.7. The SMILES string of the molecule is CC(C)(C)OC(=O)N([C@@H]1O[C@H](CO)[C@@H](O)[C@H](O)[C@H]1O)S(=O)(=O)c1ccccc1[N+](=O)[O-]. The van der Waals surface area contributed by atoms with Gasteiger partial charge >= 0.3 is 6.09 Å². The van der Waals surface area contributed by atoms with Crippen molar-refractivity contribution >= 4 is 21.8 Å². The van der Waals surface area contributed by atoms with Gasteiger partial charge in [0.1, 0.15) is 30.0 Å². The molecule has 13 nitrogen and oxygen atoms in total. The lowest BCUT2D eigenvalue weighted by Crippen LogP contribution is -2.65. The van der Waals surface area contributed by atoms with Crippen LogP contribution in [0.5, 0.6) is 0 Å². The number of hydrogen-bond donors (Lipinski definition) is 4. The summed E-state index contributed by atoms with van der Waals surface area (Å²) in [6.07, 6.45) is -11.3. The van der Waals surface area contributed by atoms with Crippen LogP contribution < -0.4 is 0 Å². The molecule has 1 fully saturated rings. The maximum absolute atomic E-state index is 13.3. The van der Waals surface area contributed by atoms with E-state index in [2.05, 4.69) is 0 Å². The molecule has 31 heavy (non-hydrogen) atoms. The molecule has 1 aromatic rings. The predicted octanol–water partition coefficient (Wildman–Crippen LogP) is -0.679. The molecule has 2 rings (SSSR count). The Bertz CT molecular complexity index is 928. The maximum atomic E-state index is 13.3. The summed E-state index contributed by atoms with van der Waals surface area (Å²) >= 11 is 0. The van der Waals surface area contributed by atoms with Crippen molar-refractivity contribution in [3.8, 4) is 0 Å². The zero-order valence-corrected chi connectivity index (χ0v) is 17.7. The fourth-order valence-corrected chi connectivity index (χ4v) is 4.40. The highest BCUT2D eigenvalue weighted by molar-refractivity contribution is 7.89. The Morgan fingerprint density at radius 1 is 1.19 bits per heavy atom. The van der Waals surface area contributed by atoms with Crippen molar-refractivity contribution in [2.24, 2.45) is 0 Å². The van der Waals surface area contributed by atoms with Crippen LogP contribution in [0.1, 0.15) is 20.8 Å². The second-order valence-electron chi connectivity index (χ2n) is 7.73. The number of carbonyl (C=O) groups excluding carboxylic acids is 1. The Labute approximate surface area is 177 Å². The lowest BCUT2D eigenvalue weighted by molar-refractivity contribution is -0.387. The van der Waals surface area contributed by atoms with E-state index < -0.39 is 74.5 Å². The summed E-state index contributed by atoms with van der Waals surface area (Å²) in [6, 6.07) is 4.16. The van der Waals surface area contributed by atoms with E-state index in [1.807, 2.05) is 0 Å². The van der Waals surface area contributed by atoms with Crippen LogP contribution in [0.4, 0.5) is 10.5 Å². The van der Waals surface area contributed by atoms with E-state index in [-0.39, 0.29) is 4.31 Å². The molecule has 1 amide bonds. The van der Waals surface area contributed by atoms with Crippen LogP contribution in [0.2, 0.25) is 0 Å². The van der Waals surface area contributed by atoms with Crippen molar-refractivity contribution < 1.29 is 48.0 Å². The number of aliphatic hydroxyl groups excluding tert-OH is 4. The Morgan fingerprint density at radius 2 is 1.77 bits per heavy atom. The van der Waals surface area contributed by atoms with Crippen molar-refractivity contribution in [1.82, 2.24) is 4.31 Å². The van der Waals surface area contributed by atoms with Gasteiger partial charge < -0.3 is 29.9 Å². The molecular weight excluding hydrogens is 440 g/mol. The van der Waals surface area contributed by atoms with Gasteiger partial charge in [0.25, 0.3) is 15.7 Å². The topological polar surface area (TPSA) is 197 Å². The number of carbonyl (C=O) groups is 1. The van der Waals surface area contributed by atoms with Crippen LogP contribution in [-0.2, 0) is 19.5 Å². The molecule has 0 aliphatic carbocycles. The number of amides is 1. The quantitative estimate of drug-likeness (QED) is 0.318. The lowest BCUT2D eigenvalue weighted by Gasteiger charge is -2.43. The summed E-state index contributed by atoms with van der Waals surface area (Å²) in [7, 11) is -5.10. The Kier molecular flexibility index (Phi) is 7.24. The predicted molar refractivity (Wildman–Crippen MR) is 102 cm³/mol. The molecule has 14 heteroatoms. The van der Waals surface area contributed by atoms with Crippen molar-refractivity contribution in [3.05, 3.63) is 34.4 Å². The number of para-hydroxylation sites is 1. The van der Waals surface area contributed by atoms with Gasteiger partial charge in [-0.05, 0) is 26.8 Å². The van der Waals surface area contributed by atoms with Gasteiger partial charge in [-0.3, -0.25) is 10.1 Å². The number of rotatable bonds is 5. The molecule has 5 atom stereocenters. The van der Waals surface area contributed by atoms with E-state index in [0.29, 0.717) is 0 Å². The van der Waals surface area contributed by atoms with Crippen LogP contribution >= 0.6 is 0 Å². The molecule has 4 N–H and O–H groups in total. The van der Waals surface area contributed by atoms with E-state index in [1.54, 1.807) is 0 Å². The van der Waals surface area contributed by atoms with E-state index in [0.717, 1.165) is 12.1 Å². The van der Waals surface area contributed by atoms with E-state index >= 15 is 0 Å². The molecule has 0 unspecified atom stereocenters. The first-order valence-corrected chi connectivity index (χ1v) is 10.5. The first-order chi connectivity index (χ1) is 14.2. The number of hydrogen-bond acceptors (Lipinski definition) is 11. The highest BCUT2D eigenvalue weighted by Crippen LogP contribution is 2.33. The molecule has 1 aromatic carbocycles. The Hall–Kier alpha value is -2.36. The molecule has 1 aliphatic rings. The summed E-state index contributed by atoms with van der Waals surface area (Å²) in [5.74, 6) is 0. The summed E-state index contributed by atoms with van der Waals surface area (Å²) in [5.41, 5.74) is -2.08. The molecule has 0 saturated carbocycles. The molecule has 1 aliphatic heterocycles. The molecule has 0 radical (unpaired) electrons. The van der Waals surface area contributed by atoms with Gasteiger partial charge in [-0.25, -0.2) is 13.2 Å². The van der Waals surface area contributed by atoms with Gasteiger partial charge in [-0.2, -0.15) is 4.31 Å². The first-order valence-electron chi connectivity index (χ1n) is 9.03. The summed E-state index contributed by atoms with van der Waals surface area (Å²) in [6.45, 7) is 3.38. The average molecular weight is 464 g/mol. The largest absolute Gasteiger partial charge is 0.443 e. The van der Waals surface area contributed by atoms with E-state index in [9.17, 15) is 43.8 Å². The number of aliphatic hydroxyl groups is 4. The molecule has 0 spiro atoms. The third-order valence-corrected chi connectivity index (χ3v) is 6.05. The van der Waals surface area contributed by atoms with Crippen molar-refractivity contribution in [1.29, 1.82) is 0 Å². The van der Waals surface area contributed by atoms with Crippen LogP contribution in [-0.4, -0.2) is 87.0 Å². The van der Waals surface area contributed by atoms with Crippen molar-refractivity contribution in [3.63, 3.8) is 0 Å². The third kappa shape index (κ3) is 5.11. The van der Waals surface area contributed by atoms with Crippen LogP contribution in [0.15, 0.2) is 29.2 Å². The van der Waals surface area contributed by atoms with Gasteiger partial charge in [-0.1, -0.05) is 12.1 Å². The molecule has 1 heterocycles. The minimum atomic E-state index is -5.10. The molecule has 0 aromatic heterocycles. The van der Waals surface area contributed by atoms with Crippen molar-refractivity contribution in [2.75, 3.05) is 6.61 Å². The van der Waals surface area contributed by atoms with E-state index in [1.165, 1.54) is 32.9 Å². The normalized spacial score (nSPS) is 26.9. The highest BCUT2D eigenvalue weighted by atomic mass is 32.2. The standard InChI is InChI=1S/C17H24N2O11S/c1-17(2,3)30-16(24)18(15-14(23)13(22)12(21)10(8-20)29-15)31(27,28)11-7-5-4-6-9(11)19(25)26/h4-7,10,12-15,20-23H,8H2,1-3H3/t10-,12-,13+,14-,15-/m1/s1. The second-order valence-corrected chi connectivity index (χ2v) is 9.51. The van der Waals surface area contributed by atoms with Crippen LogP contribution in [0.25, 0.3) is 0 Å². The fourth-order valence-electron chi connectivity index (χ4n) is 2.85. The number of nitrogens with zero attached hydrogens (tertiary/aromatic N) is 2. The summed E-state index contributed by atoms with van der Waals surface area (Å²) < 4.78 is 36.9. The van der Waals surface area contributed by atoms with Gasteiger partial charge in [-0.15, -0.1) is 0 Å². The minimum Gasteiger partial charge on any atom is -0.443 e. The van der Waals surface area contributed by atoms with Gasteiger partial charge in [0.15, 0.2) is 11.1 Å². The number of sulfonamides is 1. The maximum Gasteiger partial charge on any atom is 0.426 e. The van der Waals surface area contributed by atoms with E-state index in [4.69, 9.17) is 9.47 Å². The van der Waals surface area contributed by atoms with Gasteiger partial charge in [0, 0.05) is 6.07 Å². The van der Waals surface area contributed by atoms with Crippen LogP contribution in [0.3, 0.4) is 0 Å². The number of ether oxygens (including phenoxy) is 2. The van der Waals surface area contributed by atoms with Crippen LogP contribution in [0, 0.1) is 10.1 Å². The highest BCUT2D eigenvalue weighted by Gasteiger charge is 2.52. The lowest BCUT2D eigenvalue weighted by atomic mass is 9.98. The molecular formula is C17H24N2O11S. The van der Waals surface area contributed by atoms with Gasteiger partial charge in [0.2, 0.25) is 0 Å².